The zero-order valence-corrected chi connectivity index (χ0v) is 12.9. The Balaban J connectivity index is 2.09. The molecule has 2 nitrogen and oxygen atoms in total. The Labute approximate surface area is 129 Å². The number of hydrogen-bond acceptors (Lipinski definition) is 2. The monoisotopic (exact) mass is 299 g/mol. The predicted molar refractivity (Wildman–Crippen MR) is 87.9 cm³/mol. The molecule has 1 unspecified atom stereocenters. The number of halogens is 1. The average molecular weight is 300 g/mol. The molecule has 1 aromatic heterocycles. The van der Waals surface area contributed by atoms with Crippen molar-refractivity contribution in [2.24, 2.45) is 0 Å². The van der Waals surface area contributed by atoms with Gasteiger partial charge in [0.25, 0.3) is 0 Å². The van der Waals surface area contributed by atoms with Crippen LogP contribution in [0.4, 0.5) is 0 Å². The number of rotatable bonds is 4. The fourth-order valence-corrected chi connectivity index (χ4v) is 2.85. The second-order valence-corrected chi connectivity index (χ2v) is 5.62. The topological polar surface area (TPSA) is 25.2 Å². The molecule has 1 N–H and O–H groups in total. The first kappa shape index (κ1) is 14.2. The molecule has 0 saturated heterocycles. The highest BCUT2D eigenvalue weighted by Gasteiger charge is 2.18. The van der Waals surface area contributed by atoms with Crippen molar-refractivity contribution in [1.29, 1.82) is 0 Å². The van der Waals surface area contributed by atoms with Crippen LogP contribution in [0.25, 0.3) is 11.0 Å². The van der Waals surface area contributed by atoms with Crippen LogP contribution in [0.3, 0.4) is 0 Å². The average Bonchev–Trinajstić information content (AvgIpc) is 2.90. The standard InChI is InChI=1S/C18H18ClNO/c1-3-20-17(13-7-4-6-12(2)10-13)16-11-14-8-5-9-15(19)18(14)21-16/h4-11,17,20H,3H2,1-2H3. The van der Waals surface area contributed by atoms with Crippen LogP contribution >= 0.6 is 11.6 Å². The van der Waals surface area contributed by atoms with Gasteiger partial charge in [0.15, 0.2) is 5.58 Å². The van der Waals surface area contributed by atoms with Gasteiger partial charge in [-0.2, -0.15) is 0 Å². The van der Waals surface area contributed by atoms with Crippen molar-refractivity contribution in [2.45, 2.75) is 19.9 Å². The lowest BCUT2D eigenvalue weighted by molar-refractivity contribution is 0.477. The van der Waals surface area contributed by atoms with Crippen molar-refractivity contribution in [3.05, 3.63) is 70.4 Å². The van der Waals surface area contributed by atoms with E-state index in [2.05, 4.69) is 49.5 Å². The fourth-order valence-electron chi connectivity index (χ4n) is 2.63. The molecule has 0 aliphatic heterocycles. The van der Waals surface area contributed by atoms with Gasteiger partial charge in [-0.3, -0.25) is 0 Å². The molecule has 1 atom stereocenters. The predicted octanol–water partition coefficient (Wildman–Crippen LogP) is 5.09. The summed E-state index contributed by atoms with van der Waals surface area (Å²) in [6.45, 7) is 5.06. The van der Waals surface area contributed by atoms with Gasteiger partial charge in [0.2, 0.25) is 0 Å². The lowest BCUT2D eigenvalue weighted by atomic mass is 10.0. The third-order valence-electron chi connectivity index (χ3n) is 3.58. The molecule has 3 aromatic rings. The molecule has 0 aliphatic carbocycles. The summed E-state index contributed by atoms with van der Waals surface area (Å²) in [6.07, 6.45) is 0. The molecule has 3 heteroatoms. The van der Waals surface area contributed by atoms with Gasteiger partial charge in [0.1, 0.15) is 5.76 Å². The van der Waals surface area contributed by atoms with Crippen LogP contribution in [0.2, 0.25) is 5.02 Å². The van der Waals surface area contributed by atoms with Gasteiger partial charge in [-0.15, -0.1) is 0 Å². The minimum Gasteiger partial charge on any atom is -0.457 e. The Hall–Kier alpha value is -1.77. The third-order valence-corrected chi connectivity index (χ3v) is 3.88. The first-order valence-electron chi connectivity index (χ1n) is 7.17. The molecule has 0 aliphatic rings. The third kappa shape index (κ3) is 2.82. The van der Waals surface area contributed by atoms with Crippen molar-refractivity contribution in [3.63, 3.8) is 0 Å². The second kappa shape index (κ2) is 5.92. The lowest BCUT2D eigenvalue weighted by Crippen LogP contribution is -2.21. The molecule has 0 spiro atoms. The zero-order valence-electron chi connectivity index (χ0n) is 12.2. The van der Waals surface area contributed by atoms with Crippen LogP contribution in [0.1, 0.15) is 29.9 Å². The minimum atomic E-state index is 0.0402. The van der Waals surface area contributed by atoms with Crippen LogP contribution in [-0.2, 0) is 0 Å². The van der Waals surface area contributed by atoms with E-state index < -0.39 is 0 Å². The van der Waals surface area contributed by atoms with Crippen LogP contribution in [0.5, 0.6) is 0 Å². The quantitative estimate of drug-likeness (QED) is 0.725. The van der Waals surface area contributed by atoms with E-state index in [1.807, 2.05) is 18.2 Å². The Morgan fingerprint density at radius 2 is 1.95 bits per heavy atom. The first-order chi connectivity index (χ1) is 10.2. The Morgan fingerprint density at radius 1 is 1.14 bits per heavy atom. The van der Waals surface area contributed by atoms with E-state index >= 15 is 0 Å². The van der Waals surface area contributed by atoms with Gasteiger partial charge >= 0.3 is 0 Å². The molecule has 108 valence electrons. The van der Waals surface area contributed by atoms with Crippen LogP contribution in [0.15, 0.2) is 52.9 Å². The van der Waals surface area contributed by atoms with Crippen molar-refractivity contribution in [2.75, 3.05) is 6.54 Å². The summed E-state index contributed by atoms with van der Waals surface area (Å²) in [6, 6.07) is 16.4. The molecule has 2 aromatic carbocycles. The highest BCUT2D eigenvalue weighted by molar-refractivity contribution is 6.34. The van der Waals surface area contributed by atoms with Crippen molar-refractivity contribution >= 4 is 22.6 Å². The maximum atomic E-state index is 6.21. The fraction of sp³-hybridized carbons (Fsp3) is 0.222. The van der Waals surface area contributed by atoms with E-state index in [9.17, 15) is 0 Å². The highest BCUT2D eigenvalue weighted by atomic mass is 35.5. The summed E-state index contributed by atoms with van der Waals surface area (Å²) in [5.74, 6) is 0.894. The maximum Gasteiger partial charge on any atom is 0.152 e. The smallest absolute Gasteiger partial charge is 0.152 e. The van der Waals surface area contributed by atoms with Crippen molar-refractivity contribution < 1.29 is 4.42 Å². The molecule has 0 amide bonds. The van der Waals surface area contributed by atoms with Crippen LogP contribution < -0.4 is 5.32 Å². The van der Waals surface area contributed by atoms with Gasteiger partial charge < -0.3 is 9.73 Å². The lowest BCUT2D eigenvalue weighted by Gasteiger charge is -2.16. The van der Waals surface area contributed by atoms with Crippen LogP contribution in [-0.4, -0.2) is 6.54 Å². The molecule has 0 radical (unpaired) electrons. The number of furan rings is 1. The summed E-state index contributed by atoms with van der Waals surface area (Å²) in [7, 11) is 0. The molecule has 1 heterocycles. The summed E-state index contributed by atoms with van der Waals surface area (Å²) in [5, 5.41) is 5.17. The summed E-state index contributed by atoms with van der Waals surface area (Å²) in [4.78, 5) is 0. The zero-order chi connectivity index (χ0) is 14.8. The summed E-state index contributed by atoms with van der Waals surface area (Å²) < 4.78 is 6.01. The minimum absolute atomic E-state index is 0.0402. The normalized spacial score (nSPS) is 12.7. The molecule has 0 saturated carbocycles. The second-order valence-electron chi connectivity index (χ2n) is 5.21. The largest absolute Gasteiger partial charge is 0.457 e. The molecule has 0 fully saturated rings. The molecular formula is C18H18ClNO. The molecule has 21 heavy (non-hydrogen) atoms. The van der Waals surface area contributed by atoms with E-state index in [0.29, 0.717) is 5.02 Å². The van der Waals surface area contributed by atoms with Gasteiger partial charge in [0, 0.05) is 5.39 Å². The molecular weight excluding hydrogens is 282 g/mol. The number of para-hydroxylation sites is 1. The Morgan fingerprint density at radius 3 is 2.67 bits per heavy atom. The van der Waals surface area contributed by atoms with E-state index in [0.717, 1.165) is 23.3 Å². The van der Waals surface area contributed by atoms with Gasteiger partial charge in [-0.1, -0.05) is 60.5 Å². The van der Waals surface area contributed by atoms with E-state index in [-0.39, 0.29) is 6.04 Å². The van der Waals surface area contributed by atoms with E-state index in [1.165, 1.54) is 11.1 Å². The first-order valence-corrected chi connectivity index (χ1v) is 7.54. The number of aryl methyl sites for hydroxylation is 1. The molecule has 0 bridgehead atoms. The number of nitrogens with one attached hydrogen (secondary N) is 1. The number of fused-ring (bicyclic) bond motifs is 1. The SMILES string of the molecule is CCNC(c1cccc(C)c1)c1cc2cccc(Cl)c2o1. The van der Waals surface area contributed by atoms with Gasteiger partial charge in [-0.05, 0) is 31.2 Å². The molecule has 3 rings (SSSR count). The maximum absolute atomic E-state index is 6.21. The summed E-state index contributed by atoms with van der Waals surface area (Å²) in [5.41, 5.74) is 3.20. The Bertz CT molecular complexity index is 763. The number of benzene rings is 2. The van der Waals surface area contributed by atoms with Crippen molar-refractivity contribution in [3.8, 4) is 0 Å². The van der Waals surface area contributed by atoms with Crippen LogP contribution in [0, 0.1) is 6.92 Å². The summed E-state index contributed by atoms with van der Waals surface area (Å²) >= 11 is 6.21. The van der Waals surface area contributed by atoms with Crippen molar-refractivity contribution in [1.82, 2.24) is 5.32 Å². The number of hydrogen-bond donors (Lipinski definition) is 1. The van der Waals surface area contributed by atoms with E-state index in [1.54, 1.807) is 0 Å². The Kier molecular flexibility index (Phi) is 4.00. The van der Waals surface area contributed by atoms with Gasteiger partial charge in [-0.25, -0.2) is 0 Å². The van der Waals surface area contributed by atoms with Gasteiger partial charge in [0.05, 0.1) is 11.1 Å². The van der Waals surface area contributed by atoms with E-state index in [4.69, 9.17) is 16.0 Å². The highest BCUT2D eigenvalue weighted by Crippen LogP contribution is 2.32.